The highest BCUT2D eigenvalue weighted by atomic mass is 16.2. The molecule has 3 nitrogen and oxygen atoms in total. The van der Waals surface area contributed by atoms with Gasteiger partial charge in [0.15, 0.2) is 0 Å². The fraction of sp³-hybridized carbons (Fsp3) is 0.562. The van der Waals surface area contributed by atoms with Crippen LogP contribution >= 0.6 is 0 Å². The van der Waals surface area contributed by atoms with Gasteiger partial charge in [-0.2, -0.15) is 0 Å². The van der Waals surface area contributed by atoms with Crippen molar-refractivity contribution in [1.82, 2.24) is 4.90 Å². The van der Waals surface area contributed by atoms with Gasteiger partial charge in [-0.25, -0.2) is 4.79 Å². The number of rotatable bonds is 2. The summed E-state index contributed by atoms with van der Waals surface area (Å²) in [4.78, 5) is 14.3. The Morgan fingerprint density at radius 2 is 2.11 bits per heavy atom. The Morgan fingerprint density at radius 1 is 1.32 bits per heavy atom. The summed E-state index contributed by atoms with van der Waals surface area (Å²) in [5, 5.41) is 3.03. The Labute approximate surface area is 116 Å². The molecule has 0 radical (unpaired) electrons. The first-order valence-corrected chi connectivity index (χ1v) is 7.26. The van der Waals surface area contributed by atoms with Crippen molar-refractivity contribution in [2.24, 2.45) is 0 Å². The molecular formula is C16H24N2O. The zero-order valence-corrected chi connectivity index (χ0v) is 12.2. The number of hydrogen-bond acceptors (Lipinski definition) is 1. The van der Waals surface area contributed by atoms with Gasteiger partial charge in [-0.3, -0.25) is 0 Å². The monoisotopic (exact) mass is 260 g/mol. The maximum Gasteiger partial charge on any atom is 0.322 e. The number of nitrogens with one attached hydrogen (secondary N) is 1. The lowest BCUT2D eigenvalue weighted by atomic mass is 10.0. The Kier molecular flexibility index (Phi) is 4.46. The third-order valence-corrected chi connectivity index (χ3v) is 4.12. The van der Waals surface area contributed by atoms with E-state index in [1.807, 2.05) is 17.0 Å². The van der Waals surface area contributed by atoms with E-state index in [0.29, 0.717) is 6.04 Å². The average Bonchev–Trinajstić information content (AvgIpc) is 2.43. The lowest BCUT2D eigenvalue weighted by Gasteiger charge is -2.35. The van der Waals surface area contributed by atoms with Crippen LogP contribution in [0.4, 0.5) is 10.5 Å². The van der Waals surface area contributed by atoms with E-state index in [0.717, 1.165) is 31.5 Å². The van der Waals surface area contributed by atoms with Crippen LogP contribution in [0.3, 0.4) is 0 Å². The first-order valence-electron chi connectivity index (χ1n) is 7.26. The average molecular weight is 260 g/mol. The third-order valence-electron chi connectivity index (χ3n) is 4.12. The molecule has 0 aromatic heterocycles. The highest BCUT2D eigenvalue weighted by Crippen LogP contribution is 2.21. The van der Waals surface area contributed by atoms with E-state index in [-0.39, 0.29) is 6.03 Å². The molecule has 1 aliphatic heterocycles. The highest BCUT2D eigenvalue weighted by Gasteiger charge is 2.25. The summed E-state index contributed by atoms with van der Waals surface area (Å²) in [7, 11) is 0. The molecule has 1 atom stereocenters. The van der Waals surface area contributed by atoms with Crippen LogP contribution in [0.25, 0.3) is 0 Å². The van der Waals surface area contributed by atoms with Crippen molar-refractivity contribution < 1.29 is 4.79 Å². The number of likely N-dealkylation sites (tertiary alicyclic amines) is 1. The standard InChI is InChI=1S/C16H24N2O/c1-4-15-7-5-6-10-18(15)16(19)17-14-9-8-12(2)13(3)11-14/h8-9,11,15H,4-7,10H2,1-3H3,(H,17,19)/t15-/m1/s1. The molecule has 3 heteroatoms. The summed E-state index contributed by atoms with van der Waals surface area (Å²) in [5.74, 6) is 0. The maximum atomic E-state index is 12.3. The molecule has 0 saturated carbocycles. The summed E-state index contributed by atoms with van der Waals surface area (Å²) < 4.78 is 0. The predicted molar refractivity (Wildman–Crippen MR) is 79.6 cm³/mol. The predicted octanol–water partition coefficient (Wildman–Crippen LogP) is 4.10. The molecule has 1 fully saturated rings. The van der Waals surface area contributed by atoms with Gasteiger partial charge in [0.2, 0.25) is 0 Å². The number of nitrogens with zero attached hydrogens (tertiary/aromatic N) is 1. The molecule has 0 unspecified atom stereocenters. The highest BCUT2D eigenvalue weighted by molar-refractivity contribution is 5.89. The van der Waals surface area contributed by atoms with Gasteiger partial charge in [-0.05, 0) is 62.8 Å². The number of carbonyl (C=O) groups is 1. The summed E-state index contributed by atoms with van der Waals surface area (Å²) in [6.45, 7) is 7.20. The summed E-state index contributed by atoms with van der Waals surface area (Å²) in [6.07, 6.45) is 4.54. The molecular weight excluding hydrogens is 236 g/mol. The first-order chi connectivity index (χ1) is 9.11. The lowest BCUT2D eigenvalue weighted by molar-refractivity contribution is 0.160. The number of anilines is 1. The normalized spacial score (nSPS) is 19.3. The zero-order valence-electron chi connectivity index (χ0n) is 12.2. The van der Waals surface area contributed by atoms with Crippen molar-refractivity contribution in [1.29, 1.82) is 0 Å². The largest absolute Gasteiger partial charge is 0.322 e. The van der Waals surface area contributed by atoms with Crippen molar-refractivity contribution >= 4 is 11.7 Å². The number of hydrogen-bond donors (Lipinski definition) is 1. The number of aryl methyl sites for hydroxylation is 2. The van der Waals surface area contributed by atoms with Crippen LogP contribution in [-0.4, -0.2) is 23.5 Å². The summed E-state index contributed by atoms with van der Waals surface area (Å²) >= 11 is 0. The van der Waals surface area contributed by atoms with Crippen molar-refractivity contribution in [3.8, 4) is 0 Å². The fourth-order valence-electron chi connectivity index (χ4n) is 2.71. The number of piperidine rings is 1. The first kappa shape index (κ1) is 13.9. The smallest absolute Gasteiger partial charge is 0.322 e. The Morgan fingerprint density at radius 3 is 2.79 bits per heavy atom. The maximum absolute atomic E-state index is 12.3. The van der Waals surface area contributed by atoms with Crippen LogP contribution in [0, 0.1) is 13.8 Å². The van der Waals surface area contributed by atoms with Gasteiger partial charge < -0.3 is 10.2 Å². The van der Waals surface area contributed by atoms with Crippen molar-refractivity contribution in [2.45, 2.75) is 52.5 Å². The molecule has 0 spiro atoms. The number of amides is 2. The van der Waals surface area contributed by atoms with Crippen LogP contribution in [0.1, 0.15) is 43.7 Å². The van der Waals surface area contributed by atoms with Crippen LogP contribution in [0.2, 0.25) is 0 Å². The minimum Gasteiger partial charge on any atom is -0.322 e. The fourth-order valence-corrected chi connectivity index (χ4v) is 2.71. The number of urea groups is 1. The quantitative estimate of drug-likeness (QED) is 0.853. The van der Waals surface area contributed by atoms with Gasteiger partial charge in [-0.15, -0.1) is 0 Å². The van der Waals surface area contributed by atoms with E-state index < -0.39 is 0 Å². The van der Waals surface area contributed by atoms with E-state index in [2.05, 4.69) is 32.2 Å². The van der Waals surface area contributed by atoms with E-state index in [4.69, 9.17) is 0 Å². The molecule has 1 aromatic carbocycles. The molecule has 19 heavy (non-hydrogen) atoms. The van der Waals surface area contributed by atoms with Crippen LogP contribution < -0.4 is 5.32 Å². The molecule has 0 bridgehead atoms. The molecule has 1 N–H and O–H groups in total. The molecule has 1 heterocycles. The molecule has 2 rings (SSSR count). The third kappa shape index (κ3) is 3.28. The second-order valence-electron chi connectivity index (χ2n) is 5.48. The second kappa shape index (κ2) is 6.09. The lowest BCUT2D eigenvalue weighted by Crippen LogP contribution is -2.45. The zero-order chi connectivity index (χ0) is 13.8. The van der Waals surface area contributed by atoms with E-state index in [9.17, 15) is 4.79 Å². The van der Waals surface area contributed by atoms with Crippen molar-refractivity contribution in [2.75, 3.05) is 11.9 Å². The van der Waals surface area contributed by atoms with Crippen molar-refractivity contribution in [3.63, 3.8) is 0 Å². The van der Waals surface area contributed by atoms with Gasteiger partial charge in [-0.1, -0.05) is 13.0 Å². The summed E-state index contributed by atoms with van der Waals surface area (Å²) in [5.41, 5.74) is 3.36. The topological polar surface area (TPSA) is 32.3 Å². The number of carbonyl (C=O) groups excluding carboxylic acids is 1. The second-order valence-corrected chi connectivity index (χ2v) is 5.48. The molecule has 1 saturated heterocycles. The Bertz CT molecular complexity index is 456. The van der Waals surface area contributed by atoms with E-state index >= 15 is 0 Å². The van der Waals surface area contributed by atoms with E-state index in [1.165, 1.54) is 17.5 Å². The number of benzene rings is 1. The van der Waals surface area contributed by atoms with Gasteiger partial charge in [0.05, 0.1) is 0 Å². The minimum atomic E-state index is 0.0507. The van der Waals surface area contributed by atoms with Crippen molar-refractivity contribution in [3.05, 3.63) is 29.3 Å². The Balaban J connectivity index is 2.05. The van der Waals surface area contributed by atoms with Crippen LogP contribution in [0.5, 0.6) is 0 Å². The van der Waals surface area contributed by atoms with Gasteiger partial charge in [0.25, 0.3) is 0 Å². The Hall–Kier alpha value is -1.51. The van der Waals surface area contributed by atoms with Crippen LogP contribution in [-0.2, 0) is 0 Å². The van der Waals surface area contributed by atoms with Gasteiger partial charge >= 0.3 is 6.03 Å². The van der Waals surface area contributed by atoms with E-state index in [1.54, 1.807) is 0 Å². The SMILES string of the molecule is CC[C@@H]1CCCCN1C(=O)Nc1ccc(C)c(C)c1. The molecule has 0 aliphatic carbocycles. The molecule has 1 aliphatic rings. The minimum absolute atomic E-state index is 0.0507. The van der Waals surface area contributed by atoms with Gasteiger partial charge in [0.1, 0.15) is 0 Å². The molecule has 1 aromatic rings. The summed E-state index contributed by atoms with van der Waals surface area (Å²) in [6, 6.07) is 6.52. The van der Waals surface area contributed by atoms with Crippen LogP contribution in [0.15, 0.2) is 18.2 Å². The molecule has 2 amide bonds. The van der Waals surface area contributed by atoms with Gasteiger partial charge in [0, 0.05) is 18.3 Å². The molecule has 104 valence electrons.